The number of rotatable bonds is 3. The molecule has 0 saturated heterocycles. The fourth-order valence-electron chi connectivity index (χ4n) is 2.10. The van der Waals surface area contributed by atoms with Crippen LogP contribution in [-0.2, 0) is 11.3 Å². The molecular formula is C19H14N2O2S. The van der Waals surface area contributed by atoms with E-state index < -0.39 is 0 Å². The molecule has 3 rings (SSSR count). The fourth-order valence-corrected chi connectivity index (χ4v) is 2.68. The van der Waals surface area contributed by atoms with E-state index in [2.05, 4.69) is 17.2 Å². The van der Waals surface area contributed by atoms with E-state index in [0.717, 1.165) is 10.4 Å². The molecule has 0 unspecified atom stereocenters. The second kappa shape index (κ2) is 7.44. The van der Waals surface area contributed by atoms with Gasteiger partial charge in [0, 0.05) is 23.5 Å². The molecule has 3 aromatic rings. The lowest BCUT2D eigenvalue weighted by atomic mass is 10.2. The number of carbonyl (C=O) groups excluding carboxylic acids is 1. The zero-order valence-electron chi connectivity index (χ0n) is 12.7. The van der Waals surface area contributed by atoms with Crippen molar-refractivity contribution < 1.29 is 4.79 Å². The van der Waals surface area contributed by atoms with Gasteiger partial charge in [-0.1, -0.05) is 30.0 Å². The maximum absolute atomic E-state index is 12.1. The van der Waals surface area contributed by atoms with E-state index in [1.54, 1.807) is 35.7 Å². The number of thiophene rings is 1. The third kappa shape index (κ3) is 4.22. The Morgan fingerprint density at radius 1 is 1.08 bits per heavy atom. The molecule has 2 aromatic heterocycles. The monoisotopic (exact) mass is 334 g/mol. The van der Waals surface area contributed by atoms with Crippen LogP contribution in [0.2, 0.25) is 0 Å². The van der Waals surface area contributed by atoms with Crippen LogP contribution in [0.5, 0.6) is 0 Å². The summed E-state index contributed by atoms with van der Waals surface area (Å²) in [5.41, 5.74) is 1.27. The molecule has 1 aromatic carbocycles. The quantitative estimate of drug-likeness (QED) is 0.749. The number of amides is 1. The molecule has 0 aliphatic carbocycles. The first-order chi connectivity index (χ1) is 11.7. The van der Waals surface area contributed by atoms with Gasteiger partial charge in [-0.05, 0) is 35.7 Å². The van der Waals surface area contributed by atoms with Crippen LogP contribution >= 0.6 is 11.3 Å². The fraction of sp³-hybridized carbons (Fsp3) is 0.0526. The molecule has 118 valence electrons. The lowest BCUT2D eigenvalue weighted by molar-refractivity contribution is -0.116. The summed E-state index contributed by atoms with van der Waals surface area (Å²) in [4.78, 5) is 24.7. The Labute approximate surface area is 143 Å². The van der Waals surface area contributed by atoms with Crippen LogP contribution in [-0.4, -0.2) is 10.5 Å². The minimum atomic E-state index is -0.258. The number of anilines is 1. The highest BCUT2D eigenvalue weighted by Crippen LogP contribution is 2.11. The first kappa shape index (κ1) is 15.8. The number of pyridine rings is 1. The lowest BCUT2D eigenvalue weighted by Crippen LogP contribution is -2.26. The Balaban J connectivity index is 1.69. The van der Waals surface area contributed by atoms with Gasteiger partial charge in [-0.25, -0.2) is 0 Å². The van der Waals surface area contributed by atoms with Gasteiger partial charge in [0.2, 0.25) is 5.91 Å². The normalized spacial score (nSPS) is 9.83. The molecule has 0 bridgehead atoms. The van der Waals surface area contributed by atoms with Gasteiger partial charge in [0.25, 0.3) is 5.56 Å². The van der Waals surface area contributed by atoms with E-state index in [4.69, 9.17) is 0 Å². The van der Waals surface area contributed by atoms with Gasteiger partial charge in [0.05, 0.1) is 4.88 Å². The smallest absolute Gasteiger partial charge is 0.250 e. The molecule has 1 N–H and O–H groups in total. The number of carbonyl (C=O) groups is 1. The van der Waals surface area contributed by atoms with Gasteiger partial charge < -0.3 is 9.88 Å². The number of hydrogen-bond acceptors (Lipinski definition) is 3. The van der Waals surface area contributed by atoms with Crippen LogP contribution in [0, 0.1) is 11.8 Å². The second-order valence-electron chi connectivity index (χ2n) is 5.02. The van der Waals surface area contributed by atoms with E-state index in [0.29, 0.717) is 5.69 Å². The summed E-state index contributed by atoms with van der Waals surface area (Å²) in [7, 11) is 0. The number of nitrogens with one attached hydrogen (secondary N) is 1. The molecule has 2 heterocycles. The summed E-state index contributed by atoms with van der Waals surface area (Å²) in [6.45, 7) is -0.0230. The summed E-state index contributed by atoms with van der Waals surface area (Å²) >= 11 is 1.58. The molecular weight excluding hydrogens is 320 g/mol. The van der Waals surface area contributed by atoms with Gasteiger partial charge in [-0.2, -0.15) is 0 Å². The third-order valence-electron chi connectivity index (χ3n) is 3.21. The minimum absolute atomic E-state index is 0.0230. The zero-order chi connectivity index (χ0) is 16.8. The van der Waals surface area contributed by atoms with Gasteiger partial charge in [0.15, 0.2) is 0 Å². The Hall–Kier alpha value is -3.10. The molecule has 0 aliphatic heterocycles. The van der Waals surface area contributed by atoms with Gasteiger partial charge >= 0.3 is 0 Å². The van der Waals surface area contributed by atoms with E-state index in [1.807, 2.05) is 35.7 Å². The zero-order valence-corrected chi connectivity index (χ0v) is 13.5. The van der Waals surface area contributed by atoms with Crippen molar-refractivity contribution in [2.45, 2.75) is 6.54 Å². The molecule has 4 nitrogen and oxygen atoms in total. The van der Waals surface area contributed by atoms with Crippen molar-refractivity contribution in [3.8, 4) is 11.8 Å². The van der Waals surface area contributed by atoms with Crippen molar-refractivity contribution in [1.29, 1.82) is 0 Å². The largest absolute Gasteiger partial charge is 0.324 e. The average Bonchev–Trinajstić information content (AvgIpc) is 3.09. The summed E-state index contributed by atoms with van der Waals surface area (Å²) in [5, 5.41) is 4.77. The number of nitrogens with zero attached hydrogens (tertiary/aromatic N) is 1. The third-order valence-corrected chi connectivity index (χ3v) is 4.00. The maximum Gasteiger partial charge on any atom is 0.250 e. The molecule has 0 spiro atoms. The highest BCUT2D eigenvalue weighted by Gasteiger charge is 2.04. The van der Waals surface area contributed by atoms with Crippen molar-refractivity contribution in [3.63, 3.8) is 0 Å². The molecule has 0 atom stereocenters. The highest BCUT2D eigenvalue weighted by molar-refractivity contribution is 7.10. The van der Waals surface area contributed by atoms with Crippen LogP contribution in [0.1, 0.15) is 10.4 Å². The SMILES string of the molecule is O=C(Cn1ccccc1=O)Nc1cccc(C#Cc2cccs2)c1. The van der Waals surface area contributed by atoms with E-state index in [9.17, 15) is 9.59 Å². The van der Waals surface area contributed by atoms with Crippen molar-refractivity contribution in [1.82, 2.24) is 4.57 Å². The molecule has 0 radical (unpaired) electrons. The molecule has 5 heteroatoms. The van der Waals surface area contributed by atoms with E-state index in [1.165, 1.54) is 10.6 Å². The first-order valence-corrected chi connectivity index (χ1v) is 8.19. The average molecular weight is 334 g/mol. The summed E-state index contributed by atoms with van der Waals surface area (Å²) < 4.78 is 1.36. The predicted octanol–water partition coefficient (Wildman–Crippen LogP) is 2.95. The topological polar surface area (TPSA) is 51.1 Å². The summed E-state index contributed by atoms with van der Waals surface area (Å²) in [6.07, 6.45) is 1.59. The number of hydrogen-bond donors (Lipinski definition) is 1. The van der Waals surface area contributed by atoms with Crippen molar-refractivity contribution in [3.05, 3.63) is 87.0 Å². The minimum Gasteiger partial charge on any atom is -0.324 e. The van der Waals surface area contributed by atoms with Gasteiger partial charge in [0.1, 0.15) is 6.54 Å². The molecule has 0 saturated carbocycles. The van der Waals surface area contributed by atoms with E-state index in [-0.39, 0.29) is 18.0 Å². The van der Waals surface area contributed by atoms with Crippen LogP contribution in [0.4, 0.5) is 5.69 Å². The standard InChI is InChI=1S/C19H14N2O2S/c22-18(14-21-11-2-1-8-19(21)23)20-16-6-3-5-15(13-16)9-10-17-7-4-12-24-17/h1-8,11-13H,14H2,(H,20,22). The number of benzene rings is 1. The summed E-state index contributed by atoms with van der Waals surface area (Å²) in [5.74, 6) is 5.89. The van der Waals surface area contributed by atoms with Crippen molar-refractivity contribution in [2.24, 2.45) is 0 Å². The molecule has 0 aliphatic rings. The Kier molecular flexibility index (Phi) is 4.90. The van der Waals surface area contributed by atoms with Crippen molar-refractivity contribution >= 4 is 22.9 Å². The predicted molar refractivity (Wildman–Crippen MR) is 96.1 cm³/mol. The van der Waals surface area contributed by atoms with Crippen LogP contribution < -0.4 is 10.9 Å². The second-order valence-corrected chi connectivity index (χ2v) is 5.97. The molecule has 0 fully saturated rings. The van der Waals surface area contributed by atoms with Crippen LogP contribution in [0.15, 0.2) is 71.0 Å². The highest BCUT2D eigenvalue weighted by atomic mass is 32.1. The Morgan fingerprint density at radius 3 is 2.79 bits per heavy atom. The summed E-state index contributed by atoms with van der Waals surface area (Å²) in [6, 6.07) is 16.0. The lowest BCUT2D eigenvalue weighted by Gasteiger charge is -2.07. The Morgan fingerprint density at radius 2 is 2.00 bits per heavy atom. The van der Waals surface area contributed by atoms with Crippen LogP contribution in [0.25, 0.3) is 0 Å². The number of aromatic nitrogens is 1. The maximum atomic E-state index is 12.1. The van der Waals surface area contributed by atoms with Crippen molar-refractivity contribution in [2.75, 3.05) is 5.32 Å². The van der Waals surface area contributed by atoms with E-state index >= 15 is 0 Å². The Bertz CT molecular complexity index is 963. The molecule has 24 heavy (non-hydrogen) atoms. The van der Waals surface area contributed by atoms with Gasteiger partial charge in [-0.15, -0.1) is 11.3 Å². The van der Waals surface area contributed by atoms with Crippen LogP contribution in [0.3, 0.4) is 0 Å². The first-order valence-electron chi connectivity index (χ1n) is 7.32. The van der Waals surface area contributed by atoms with Gasteiger partial charge in [-0.3, -0.25) is 9.59 Å². The molecule has 1 amide bonds.